The van der Waals surface area contributed by atoms with Gasteiger partial charge >= 0.3 is 0 Å². The minimum atomic E-state index is 0.415. The molecule has 0 saturated carbocycles. The molecule has 1 heterocycles. The zero-order valence-electron chi connectivity index (χ0n) is 13.1. The summed E-state index contributed by atoms with van der Waals surface area (Å²) >= 11 is 1.81. The second-order valence-corrected chi connectivity index (χ2v) is 6.16. The number of nitrogens with zero attached hydrogens (tertiary/aromatic N) is 1. The Morgan fingerprint density at radius 3 is 2.67 bits per heavy atom. The van der Waals surface area contributed by atoms with Crippen molar-refractivity contribution >= 4 is 11.3 Å². The van der Waals surface area contributed by atoms with Crippen LogP contribution in [0, 0.1) is 0 Å². The first-order chi connectivity index (χ1) is 10.2. The molecular weight excluding hydrogens is 282 g/mol. The summed E-state index contributed by atoms with van der Waals surface area (Å²) in [6.45, 7) is 3.71. The average molecular weight is 305 g/mol. The van der Waals surface area contributed by atoms with Gasteiger partial charge in [-0.3, -0.25) is 4.90 Å². The van der Waals surface area contributed by atoms with Gasteiger partial charge in [-0.1, -0.05) is 12.1 Å². The highest BCUT2D eigenvalue weighted by Crippen LogP contribution is 2.26. The minimum absolute atomic E-state index is 0.415. The fourth-order valence-electron chi connectivity index (χ4n) is 2.37. The molecule has 0 aliphatic carbocycles. The summed E-state index contributed by atoms with van der Waals surface area (Å²) in [5, 5.41) is 2.13. The molecule has 21 heavy (non-hydrogen) atoms. The van der Waals surface area contributed by atoms with E-state index in [1.165, 1.54) is 10.4 Å². The fourth-order valence-corrected chi connectivity index (χ4v) is 3.22. The third-order valence-corrected chi connectivity index (χ3v) is 4.74. The van der Waals surface area contributed by atoms with Crippen LogP contribution in [-0.4, -0.2) is 26.2 Å². The molecule has 0 aliphatic rings. The summed E-state index contributed by atoms with van der Waals surface area (Å²) in [6.07, 6.45) is 0. The van der Waals surface area contributed by atoms with Gasteiger partial charge in [0.1, 0.15) is 5.75 Å². The van der Waals surface area contributed by atoms with E-state index in [1.807, 2.05) is 6.07 Å². The van der Waals surface area contributed by atoms with Crippen LogP contribution < -0.4 is 4.74 Å². The second kappa shape index (κ2) is 7.59. The standard InChI is InChI=1S/C17H23NO2S/c1-13(17-6-5-9-21-17)18(2)11-14-7-8-16(20-4)15(10-14)12-19-3/h5-10,13H,11-12H2,1-4H3. The molecule has 0 saturated heterocycles. The largest absolute Gasteiger partial charge is 0.496 e. The van der Waals surface area contributed by atoms with Gasteiger partial charge in [-0.05, 0) is 43.1 Å². The molecule has 3 nitrogen and oxygen atoms in total. The summed E-state index contributed by atoms with van der Waals surface area (Å²) in [7, 11) is 5.56. The van der Waals surface area contributed by atoms with Crippen molar-refractivity contribution in [3.63, 3.8) is 0 Å². The van der Waals surface area contributed by atoms with E-state index in [9.17, 15) is 0 Å². The lowest BCUT2D eigenvalue weighted by atomic mass is 10.1. The van der Waals surface area contributed by atoms with Gasteiger partial charge in [-0.25, -0.2) is 0 Å². The van der Waals surface area contributed by atoms with E-state index in [4.69, 9.17) is 9.47 Å². The van der Waals surface area contributed by atoms with Crippen molar-refractivity contribution in [1.82, 2.24) is 4.90 Å². The first-order valence-electron chi connectivity index (χ1n) is 7.04. The van der Waals surface area contributed by atoms with E-state index < -0.39 is 0 Å². The van der Waals surface area contributed by atoms with Crippen LogP contribution in [0.1, 0.15) is 29.0 Å². The Labute approximate surface area is 131 Å². The van der Waals surface area contributed by atoms with Crippen LogP contribution in [0.15, 0.2) is 35.7 Å². The van der Waals surface area contributed by atoms with Crippen LogP contribution in [0.25, 0.3) is 0 Å². The normalized spacial score (nSPS) is 12.6. The molecule has 1 aromatic carbocycles. The van der Waals surface area contributed by atoms with Crippen LogP contribution in [0.4, 0.5) is 0 Å². The lowest BCUT2D eigenvalue weighted by Crippen LogP contribution is -2.21. The Hall–Kier alpha value is -1.36. The van der Waals surface area contributed by atoms with Crippen LogP contribution in [0.2, 0.25) is 0 Å². The van der Waals surface area contributed by atoms with Gasteiger partial charge in [0.25, 0.3) is 0 Å². The highest BCUT2D eigenvalue weighted by molar-refractivity contribution is 7.10. The number of hydrogen-bond acceptors (Lipinski definition) is 4. The van der Waals surface area contributed by atoms with Crippen molar-refractivity contribution in [2.24, 2.45) is 0 Å². The molecule has 114 valence electrons. The third kappa shape index (κ3) is 4.06. The molecule has 2 rings (SSSR count). The Morgan fingerprint density at radius 1 is 1.24 bits per heavy atom. The molecule has 0 radical (unpaired) electrons. The number of hydrogen-bond donors (Lipinski definition) is 0. The molecule has 1 aromatic heterocycles. The van der Waals surface area contributed by atoms with Crippen molar-refractivity contribution in [2.45, 2.75) is 26.1 Å². The van der Waals surface area contributed by atoms with Crippen molar-refractivity contribution in [3.8, 4) is 5.75 Å². The van der Waals surface area contributed by atoms with Crippen LogP contribution in [0.5, 0.6) is 5.75 Å². The average Bonchev–Trinajstić information content (AvgIpc) is 3.01. The second-order valence-electron chi connectivity index (χ2n) is 5.19. The molecule has 0 bridgehead atoms. The first-order valence-corrected chi connectivity index (χ1v) is 7.92. The van der Waals surface area contributed by atoms with Crippen molar-refractivity contribution in [1.29, 1.82) is 0 Å². The van der Waals surface area contributed by atoms with Gasteiger partial charge in [-0.2, -0.15) is 0 Å². The molecule has 4 heteroatoms. The Bertz CT molecular complexity index is 554. The quantitative estimate of drug-likeness (QED) is 0.769. The van der Waals surface area contributed by atoms with Crippen LogP contribution in [0.3, 0.4) is 0 Å². The van der Waals surface area contributed by atoms with Crippen molar-refractivity contribution in [3.05, 3.63) is 51.7 Å². The third-order valence-electron chi connectivity index (χ3n) is 3.69. The summed E-state index contributed by atoms with van der Waals surface area (Å²) in [5.41, 5.74) is 2.36. The number of ether oxygens (including phenoxy) is 2. The zero-order chi connectivity index (χ0) is 15.2. The van der Waals surface area contributed by atoms with E-state index >= 15 is 0 Å². The predicted molar refractivity (Wildman–Crippen MR) is 87.9 cm³/mol. The smallest absolute Gasteiger partial charge is 0.124 e. The van der Waals surface area contributed by atoms with Crippen LogP contribution >= 0.6 is 11.3 Å². The zero-order valence-corrected chi connectivity index (χ0v) is 13.9. The van der Waals surface area contributed by atoms with E-state index in [-0.39, 0.29) is 0 Å². The predicted octanol–water partition coefficient (Wildman–Crippen LogP) is 4.10. The highest BCUT2D eigenvalue weighted by Gasteiger charge is 2.13. The summed E-state index contributed by atoms with van der Waals surface area (Å²) in [5.74, 6) is 0.884. The molecule has 1 unspecified atom stereocenters. The maximum Gasteiger partial charge on any atom is 0.124 e. The van der Waals surface area contributed by atoms with E-state index in [0.717, 1.165) is 17.9 Å². The van der Waals surface area contributed by atoms with Gasteiger partial charge in [0, 0.05) is 30.1 Å². The monoisotopic (exact) mass is 305 g/mol. The molecule has 1 atom stereocenters. The summed E-state index contributed by atoms with van der Waals surface area (Å²) in [6, 6.07) is 11.0. The van der Waals surface area contributed by atoms with Gasteiger partial charge in [-0.15, -0.1) is 11.3 Å². The van der Waals surface area contributed by atoms with Gasteiger partial charge in [0.05, 0.1) is 13.7 Å². The number of rotatable bonds is 7. The highest BCUT2D eigenvalue weighted by atomic mass is 32.1. The molecule has 0 N–H and O–H groups in total. The van der Waals surface area contributed by atoms with E-state index in [2.05, 4.69) is 48.5 Å². The van der Waals surface area contributed by atoms with Crippen molar-refractivity contribution in [2.75, 3.05) is 21.3 Å². The maximum atomic E-state index is 5.37. The van der Waals surface area contributed by atoms with E-state index in [1.54, 1.807) is 25.6 Å². The maximum absolute atomic E-state index is 5.37. The lowest BCUT2D eigenvalue weighted by molar-refractivity contribution is 0.181. The molecule has 0 spiro atoms. The molecular formula is C17H23NO2S. The molecule has 0 amide bonds. The van der Waals surface area contributed by atoms with Crippen molar-refractivity contribution < 1.29 is 9.47 Å². The molecule has 0 fully saturated rings. The fraction of sp³-hybridized carbons (Fsp3) is 0.412. The minimum Gasteiger partial charge on any atom is -0.496 e. The summed E-state index contributed by atoms with van der Waals surface area (Å²) < 4.78 is 10.6. The first kappa shape index (κ1) is 16.0. The topological polar surface area (TPSA) is 21.7 Å². The molecule has 2 aromatic rings. The van der Waals surface area contributed by atoms with Gasteiger partial charge in [0.2, 0.25) is 0 Å². The number of thiophene rings is 1. The number of benzene rings is 1. The summed E-state index contributed by atoms with van der Waals surface area (Å²) in [4.78, 5) is 3.74. The van der Waals surface area contributed by atoms with Crippen LogP contribution in [-0.2, 0) is 17.9 Å². The molecule has 0 aliphatic heterocycles. The lowest BCUT2D eigenvalue weighted by Gasteiger charge is -2.24. The van der Waals surface area contributed by atoms with E-state index in [0.29, 0.717) is 12.6 Å². The SMILES string of the molecule is COCc1cc(CN(C)C(C)c2cccs2)ccc1OC. The van der Waals surface area contributed by atoms with Gasteiger partial charge < -0.3 is 9.47 Å². The Balaban J connectivity index is 2.10. The van der Waals surface area contributed by atoms with Gasteiger partial charge in [0.15, 0.2) is 0 Å². The Kier molecular flexibility index (Phi) is 5.79. The number of methoxy groups -OCH3 is 2. The Morgan fingerprint density at radius 2 is 2.05 bits per heavy atom.